The van der Waals surface area contributed by atoms with Crippen LogP contribution in [0.4, 0.5) is 0 Å². The number of rotatable bonds is 1. The molecule has 0 N–H and O–H groups in total. The highest BCUT2D eigenvalue weighted by atomic mass is 32.2. The second-order valence-corrected chi connectivity index (χ2v) is 4.07. The molecule has 0 amide bonds. The van der Waals surface area contributed by atoms with Gasteiger partial charge in [-0.2, -0.15) is 0 Å². The summed E-state index contributed by atoms with van der Waals surface area (Å²) in [6.45, 7) is 3.80. The number of carbonyl (C=O) groups is 1. The summed E-state index contributed by atoms with van der Waals surface area (Å²) < 4.78 is 0. The van der Waals surface area contributed by atoms with E-state index in [0.29, 0.717) is 11.2 Å². The second kappa shape index (κ2) is 2.93. The maximum atomic E-state index is 10.9. The summed E-state index contributed by atoms with van der Waals surface area (Å²) in [5.74, 6) is 1.26. The molecule has 0 aromatic carbocycles. The van der Waals surface area contributed by atoms with Gasteiger partial charge in [-0.05, 0) is 20.9 Å². The molecule has 1 aliphatic heterocycles. The molecule has 0 aromatic rings. The molecule has 1 heterocycles. The monoisotopic (exact) mass is 159 g/mol. The van der Waals surface area contributed by atoms with Crippen molar-refractivity contribution in [2.24, 2.45) is 0 Å². The summed E-state index contributed by atoms with van der Waals surface area (Å²) in [5.41, 5.74) is 0. The van der Waals surface area contributed by atoms with E-state index < -0.39 is 0 Å². The van der Waals surface area contributed by atoms with Crippen LogP contribution in [0, 0.1) is 0 Å². The van der Waals surface area contributed by atoms with Gasteiger partial charge in [0.05, 0.1) is 11.4 Å². The van der Waals surface area contributed by atoms with Crippen molar-refractivity contribution in [3.63, 3.8) is 0 Å². The lowest BCUT2D eigenvalue weighted by molar-refractivity contribution is -0.120. The molecule has 1 rings (SSSR count). The van der Waals surface area contributed by atoms with Crippen LogP contribution in [0.5, 0.6) is 0 Å². The largest absolute Gasteiger partial charge is 0.298 e. The third kappa shape index (κ3) is 1.35. The van der Waals surface area contributed by atoms with E-state index in [2.05, 4.69) is 11.8 Å². The van der Waals surface area contributed by atoms with Gasteiger partial charge in [-0.3, -0.25) is 9.69 Å². The van der Waals surface area contributed by atoms with Crippen LogP contribution in [0.25, 0.3) is 0 Å². The van der Waals surface area contributed by atoms with Crippen LogP contribution in [0.15, 0.2) is 0 Å². The highest BCUT2D eigenvalue weighted by molar-refractivity contribution is 8.00. The van der Waals surface area contributed by atoms with Crippen molar-refractivity contribution in [1.29, 1.82) is 0 Å². The first kappa shape index (κ1) is 8.08. The topological polar surface area (TPSA) is 20.3 Å². The van der Waals surface area contributed by atoms with Gasteiger partial charge in [0.15, 0.2) is 0 Å². The van der Waals surface area contributed by atoms with Gasteiger partial charge in [0, 0.05) is 5.75 Å². The van der Waals surface area contributed by atoms with Gasteiger partial charge in [0.1, 0.15) is 5.78 Å². The first-order valence-corrected chi connectivity index (χ1v) is 4.52. The van der Waals surface area contributed by atoms with E-state index in [9.17, 15) is 4.79 Å². The Morgan fingerprint density at radius 2 is 2.30 bits per heavy atom. The van der Waals surface area contributed by atoms with E-state index >= 15 is 0 Å². The standard InChI is InChI=1S/C7H13NOS/c1-5(9)7-4-10-6(2)8(7)3/h6-7H,4H2,1-3H3/t6-,7?/m0/s1. The number of ketones is 1. The van der Waals surface area contributed by atoms with E-state index in [1.54, 1.807) is 6.92 Å². The van der Waals surface area contributed by atoms with Crippen LogP contribution in [0.2, 0.25) is 0 Å². The number of hydrogen-bond acceptors (Lipinski definition) is 3. The number of likely N-dealkylation sites (N-methyl/N-ethyl adjacent to an activating group) is 1. The van der Waals surface area contributed by atoms with Gasteiger partial charge in [0.2, 0.25) is 0 Å². The Morgan fingerprint density at radius 1 is 1.70 bits per heavy atom. The summed E-state index contributed by atoms with van der Waals surface area (Å²) in [7, 11) is 2.01. The van der Waals surface area contributed by atoms with Crippen LogP contribution in [0.1, 0.15) is 13.8 Å². The van der Waals surface area contributed by atoms with E-state index in [1.807, 2.05) is 18.8 Å². The average molecular weight is 159 g/mol. The fourth-order valence-electron chi connectivity index (χ4n) is 1.12. The van der Waals surface area contributed by atoms with E-state index in [-0.39, 0.29) is 6.04 Å². The lowest BCUT2D eigenvalue weighted by Crippen LogP contribution is -2.36. The quantitative estimate of drug-likeness (QED) is 0.568. The summed E-state index contributed by atoms with van der Waals surface area (Å²) >= 11 is 1.85. The minimum Gasteiger partial charge on any atom is -0.298 e. The highest BCUT2D eigenvalue weighted by Crippen LogP contribution is 2.26. The number of hydrogen-bond donors (Lipinski definition) is 0. The van der Waals surface area contributed by atoms with E-state index in [4.69, 9.17) is 0 Å². The minimum absolute atomic E-state index is 0.167. The maximum Gasteiger partial charge on any atom is 0.147 e. The van der Waals surface area contributed by atoms with Crippen LogP contribution in [-0.4, -0.2) is 34.9 Å². The van der Waals surface area contributed by atoms with Crippen molar-refractivity contribution < 1.29 is 4.79 Å². The van der Waals surface area contributed by atoms with E-state index in [1.165, 1.54) is 0 Å². The molecule has 0 spiro atoms. The predicted octanol–water partition coefficient (Wildman–Crippen LogP) is 0.969. The number of Topliss-reactive ketones (excluding diaryl/α,β-unsaturated/α-hetero) is 1. The molecule has 0 bridgehead atoms. The van der Waals surface area contributed by atoms with Crippen molar-refractivity contribution in [3.8, 4) is 0 Å². The van der Waals surface area contributed by atoms with Crippen molar-refractivity contribution in [1.82, 2.24) is 4.90 Å². The molecule has 0 radical (unpaired) electrons. The molecule has 2 nitrogen and oxygen atoms in total. The lowest BCUT2D eigenvalue weighted by Gasteiger charge is -2.19. The Bertz CT molecular complexity index is 149. The third-order valence-electron chi connectivity index (χ3n) is 2.03. The van der Waals surface area contributed by atoms with Crippen molar-refractivity contribution >= 4 is 17.5 Å². The highest BCUT2D eigenvalue weighted by Gasteiger charge is 2.30. The van der Waals surface area contributed by atoms with Crippen LogP contribution in [0.3, 0.4) is 0 Å². The van der Waals surface area contributed by atoms with Crippen molar-refractivity contribution in [2.75, 3.05) is 12.8 Å². The van der Waals surface area contributed by atoms with Crippen LogP contribution >= 0.6 is 11.8 Å². The maximum absolute atomic E-state index is 10.9. The molecule has 1 saturated heterocycles. The Hall–Kier alpha value is -0.0200. The predicted molar refractivity (Wildman–Crippen MR) is 44.2 cm³/mol. The number of carbonyl (C=O) groups excluding carboxylic acids is 1. The summed E-state index contributed by atoms with van der Waals surface area (Å²) in [6, 6.07) is 0.167. The second-order valence-electron chi connectivity index (χ2n) is 2.72. The molecule has 3 heteroatoms. The van der Waals surface area contributed by atoms with Gasteiger partial charge >= 0.3 is 0 Å². The SMILES string of the molecule is CC(=O)C1CS[C@@H](C)N1C. The van der Waals surface area contributed by atoms with Crippen molar-refractivity contribution in [3.05, 3.63) is 0 Å². The number of nitrogens with zero attached hydrogens (tertiary/aromatic N) is 1. The summed E-state index contributed by atoms with van der Waals surface area (Å²) in [5, 5.41) is 0.508. The first-order chi connectivity index (χ1) is 4.63. The Morgan fingerprint density at radius 3 is 2.50 bits per heavy atom. The van der Waals surface area contributed by atoms with Gasteiger partial charge in [0.25, 0.3) is 0 Å². The molecular weight excluding hydrogens is 146 g/mol. The van der Waals surface area contributed by atoms with Gasteiger partial charge in [-0.15, -0.1) is 11.8 Å². The summed E-state index contributed by atoms with van der Waals surface area (Å²) in [6.07, 6.45) is 0. The molecule has 0 aliphatic carbocycles. The minimum atomic E-state index is 0.167. The van der Waals surface area contributed by atoms with Gasteiger partial charge in [-0.1, -0.05) is 0 Å². The zero-order chi connectivity index (χ0) is 7.72. The zero-order valence-corrected chi connectivity index (χ0v) is 7.44. The van der Waals surface area contributed by atoms with Crippen molar-refractivity contribution in [2.45, 2.75) is 25.3 Å². The molecule has 0 aromatic heterocycles. The molecule has 0 saturated carbocycles. The Labute approximate surface area is 66.0 Å². The molecule has 10 heavy (non-hydrogen) atoms. The molecule has 58 valence electrons. The van der Waals surface area contributed by atoms with Crippen LogP contribution < -0.4 is 0 Å². The fraction of sp³-hybridized carbons (Fsp3) is 0.857. The lowest BCUT2D eigenvalue weighted by atomic mass is 10.2. The molecule has 1 unspecified atom stereocenters. The third-order valence-corrected chi connectivity index (χ3v) is 3.35. The molecule has 1 aliphatic rings. The number of thioether (sulfide) groups is 1. The average Bonchev–Trinajstić information content (AvgIpc) is 2.14. The molecule has 2 atom stereocenters. The van der Waals surface area contributed by atoms with Crippen LogP contribution in [-0.2, 0) is 4.79 Å². The fourth-order valence-corrected chi connectivity index (χ4v) is 2.44. The molecule has 1 fully saturated rings. The first-order valence-electron chi connectivity index (χ1n) is 3.47. The van der Waals surface area contributed by atoms with E-state index in [0.717, 1.165) is 5.75 Å². The van der Waals surface area contributed by atoms with Gasteiger partial charge in [-0.25, -0.2) is 0 Å². The Kier molecular flexibility index (Phi) is 2.36. The summed E-state index contributed by atoms with van der Waals surface area (Å²) in [4.78, 5) is 13.1. The van der Waals surface area contributed by atoms with Gasteiger partial charge < -0.3 is 0 Å². The zero-order valence-electron chi connectivity index (χ0n) is 6.63. The Balaban J connectivity index is 2.57. The normalized spacial score (nSPS) is 34.7. The molecular formula is C7H13NOS. The smallest absolute Gasteiger partial charge is 0.147 e.